The van der Waals surface area contributed by atoms with Gasteiger partial charge in [-0.15, -0.1) is 0 Å². The molecule has 0 heterocycles. The Kier molecular flexibility index (Phi) is 3.08. The van der Waals surface area contributed by atoms with Crippen LogP contribution in [0.3, 0.4) is 0 Å². The molecule has 2 aromatic carbocycles. The maximum absolute atomic E-state index is 6.09. The lowest BCUT2D eigenvalue weighted by atomic mass is 10.0. The first-order valence-corrected chi connectivity index (χ1v) is 5.77. The van der Waals surface area contributed by atoms with E-state index < -0.39 is 0 Å². The Morgan fingerprint density at radius 1 is 1.19 bits per heavy atom. The number of hydrogen-bond donors (Lipinski definition) is 2. The molecule has 0 aliphatic heterocycles. The molecule has 0 fully saturated rings. The van der Waals surface area contributed by atoms with Gasteiger partial charge < -0.3 is 11.5 Å². The fraction of sp³-hybridized carbons (Fsp3) is 0. The molecule has 0 atom stereocenters. The third kappa shape index (κ3) is 2.01. The minimum atomic E-state index is 0.535. The summed E-state index contributed by atoms with van der Waals surface area (Å²) in [6, 6.07) is 11.9. The number of hydrogen-bond acceptors (Lipinski definition) is 2. The number of anilines is 2. The SMILES string of the molecule is Nc1cc(Br)cc(-c2cc[c]cc2Cl)c1N. The molecule has 0 aliphatic rings. The number of halogens is 2. The zero-order valence-corrected chi connectivity index (χ0v) is 10.6. The minimum absolute atomic E-state index is 0.535. The van der Waals surface area contributed by atoms with Gasteiger partial charge in [0.2, 0.25) is 0 Å². The van der Waals surface area contributed by atoms with Crippen molar-refractivity contribution in [1.82, 2.24) is 0 Å². The maximum Gasteiger partial charge on any atom is 0.0628 e. The average Bonchev–Trinajstić information content (AvgIpc) is 2.24. The molecule has 0 aliphatic carbocycles. The van der Waals surface area contributed by atoms with Gasteiger partial charge in [-0.2, -0.15) is 0 Å². The third-order valence-electron chi connectivity index (χ3n) is 2.28. The summed E-state index contributed by atoms with van der Waals surface area (Å²) in [5.41, 5.74) is 14.5. The molecule has 0 amide bonds. The van der Waals surface area contributed by atoms with Gasteiger partial charge in [0.1, 0.15) is 0 Å². The zero-order chi connectivity index (χ0) is 11.7. The van der Waals surface area contributed by atoms with Gasteiger partial charge in [0.15, 0.2) is 0 Å². The van der Waals surface area contributed by atoms with Gasteiger partial charge in [-0.3, -0.25) is 0 Å². The van der Waals surface area contributed by atoms with Crippen molar-refractivity contribution in [3.63, 3.8) is 0 Å². The lowest BCUT2D eigenvalue weighted by Gasteiger charge is -2.10. The van der Waals surface area contributed by atoms with E-state index in [-0.39, 0.29) is 0 Å². The van der Waals surface area contributed by atoms with Gasteiger partial charge >= 0.3 is 0 Å². The Labute approximate surface area is 107 Å². The highest BCUT2D eigenvalue weighted by atomic mass is 79.9. The summed E-state index contributed by atoms with van der Waals surface area (Å²) < 4.78 is 0.873. The van der Waals surface area contributed by atoms with Gasteiger partial charge in [-0.05, 0) is 24.3 Å². The van der Waals surface area contributed by atoms with Crippen LogP contribution < -0.4 is 11.5 Å². The molecule has 1 radical (unpaired) electrons. The van der Waals surface area contributed by atoms with Crippen LogP contribution in [0.2, 0.25) is 5.02 Å². The van der Waals surface area contributed by atoms with E-state index in [0.717, 1.165) is 15.6 Å². The second-order valence-electron chi connectivity index (χ2n) is 3.36. The first kappa shape index (κ1) is 11.3. The molecule has 16 heavy (non-hydrogen) atoms. The summed E-state index contributed by atoms with van der Waals surface area (Å²) in [5, 5.41) is 0.603. The number of benzene rings is 2. The average molecular weight is 297 g/mol. The van der Waals surface area contributed by atoms with Crippen molar-refractivity contribution in [2.24, 2.45) is 0 Å². The third-order valence-corrected chi connectivity index (χ3v) is 3.05. The standard InChI is InChI=1S/C12H9BrClN2/c13-7-5-9(12(16)11(15)6-7)8-3-1-2-4-10(8)14/h1,3-6H,15-16H2. The normalized spacial score (nSPS) is 10.4. The molecule has 0 saturated carbocycles. The van der Waals surface area contributed by atoms with Crippen LogP contribution in [0.1, 0.15) is 0 Å². The Balaban J connectivity index is 2.69. The minimum Gasteiger partial charge on any atom is -0.397 e. The molecule has 0 bridgehead atoms. The van der Waals surface area contributed by atoms with Gasteiger partial charge in [-0.25, -0.2) is 0 Å². The second kappa shape index (κ2) is 4.36. The van der Waals surface area contributed by atoms with E-state index in [1.807, 2.05) is 12.1 Å². The van der Waals surface area contributed by atoms with Crippen LogP contribution in [0.15, 0.2) is 34.8 Å². The molecule has 0 spiro atoms. The smallest absolute Gasteiger partial charge is 0.0628 e. The number of rotatable bonds is 1. The largest absolute Gasteiger partial charge is 0.397 e. The first-order chi connectivity index (χ1) is 7.59. The van der Waals surface area contributed by atoms with Crippen LogP contribution in [0.5, 0.6) is 0 Å². The van der Waals surface area contributed by atoms with Crippen molar-refractivity contribution in [1.29, 1.82) is 0 Å². The van der Waals surface area contributed by atoms with Crippen molar-refractivity contribution in [2.45, 2.75) is 0 Å². The van der Waals surface area contributed by atoms with E-state index in [1.54, 1.807) is 18.2 Å². The molecule has 2 aromatic rings. The summed E-state index contributed by atoms with van der Waals surface area (Å²) in [4.78, 5) is 0. The van der Waals surface area contributed by atoms with Crippen LogP contribution in [-0.4, -0.2) is 0 Å². The molecular weight excluding hydrogens is 288 g/mol. The number of nitrogens with two attached hydrogens (primary N) is 2. The maximum atomic E-state index is 6.09. The van der Waals surface area contributed by atoms with E-state index in [0.29, 0.717) is 16.4 Å². The zero-order valence-electron chi connectivity index (χ0n) is 8.30. The quantitative estimate of drug-likeness (QED) is 0.788. The molecule has 4 heteroatoms. The predicted molar refractivity (Wildman–Crippen MR) is 72.2 cm³/mol. The highest BCUT2D eigenvalue weighted by molar-refractivity contribution is 9.10. The number of nitrogen functional groups attached to an aromatic ring is 2. The lowest BCUT2D eigenvalue weighted by molar-refractivity contribution is 1.57. The Morgan fingerprint density at radius 3 is 2.62 bits per heavy atom. The molecule has 2 rings (SSSR count). The van der Waals surface area contributed by atoms with E-state index in [1.165, 1.54) is 0 Å². The monoisotopic (exact) mass is 295 g/mol. The van der Waals surface area contributed by atoms with Gasteiger partial charge in [0.25, 0.3) is 0 Å². The molecule has 0 aromatic heterocycles. The fourth-order valence-corrected chi connectivity index (χ4v) is 2.19. The van der Waals surface area contributed by atoms with Gasteiger partial charge in [0.05, 0.1) is 11.4 Å². The first-order valence-electron chi connectivity index (χ1n) is 4.60. The van der Waals surface area contributed by atoms with Crippen molar-refractivity contribution in [3.05, 3.63) is 45.9 Å². The van der Waals surface area contributed by atoms with Crippen LogP contribution in [0.25, 0.3) is 11.1 Å². The summed E-state index contributed by atoms with van der Waals surface area (Å²) in [6.07, 6.45) is 0. The highest BCUT2D eigenvalue weighted by Gasteiger charge is 2.09. The van der Waals surface area contributed by atoms with Crippen LogP contribution in [-0.2, 0) is 0 Å². The van der Waals surface area contributed by atoms with Crippen molar-refractivity contribution in [2.75, 3.05) is 11.5 Å². The van der Waals surface area contributed by atoms with E-state index in [2.05, 4.69) is 22.0 Å². The molecule has 0 saturated heterocycles. The van der Waals surface area contributed by atoms with E-state index in [9.17, 15) is 0 Å². The molecule has 0 unspecified atom stereocenters. The van der Waals surface area contributed by atoms with Crippen molar-refractivity contribution in [3.8, 4) is 11.1 Å². The molecule has 2 nitrogen and oxygen atoms in total. The predicted octanol–water partition coefficient (Wildman–Crippen LogP) is 3.73. The Bertz CT molecular complexity index is 541. The second-order valence-corrected chi connectivity index (χ2v) is 4.69. The van der Waals surface area contributed by atoms with E-state index in [4.69, 9.17) is 23.1 Å². The van der Waals surface area contributed by atoms with Crippen LogP contribution >= 0.6 is 27.5 Å². The highest BCUT2D eigenvalue weighted by Crippen LogP contribution is 2.36. The molecule has 4 N–H and O–H groups in total. The molecular formula is C12H9BrClN2. The topological polar surface area (TPSA) is 52.0 Å². The molecule has 81 valence electrons. The van der Waals surface area contributed by atoms with Crippen molar-refractivity contribution < 1.29 is 0 Å². The lowest BCUT2D eigenvalue weighted by Crippen LogP contribution is -1.97. The van der Waals surface area contributed by atoms with Gasteiger partial charge in [0, 0.05) is 20.6 Å². The van der Waals surface area contributed by atoms with Crippen molar-refractivity contribution >= 4 is 38.9 Å². The van der Waals surface area contributed by atoms with Crippen LogP contribution in [0.4, 0.5) is 11.4 Å². The fourth-order valence-electron chi connectivity index (χ4n) is 1.49. The summed E-state index contributed by atoms with van der Waals surface area (Å²) in [7, 11) is 0. The van der Waals surface area contributed by atoms with E-state index >= 15 is 0 Å². The Morgan fingerprint density at radius 2 is 1.94 bits per heavy atom. The summed E-state index contributed by atoms with van der Waals surface area (Å²) >= 11 is 9.48. The van der Waals surface area contributed by atoms with Crippen LogP contribution in [0, 0.1) is 6.07 Å². The van der Waals surface area contributed by atoms with Gasteiger partial charge in [-0.1, -0.05) is 39.7 Å². The summed E-state index contributed by atoms with van der Waals surface area (Å²) in [5.74, 6) is 0. The Hall–Kier alpha value is -1.19. The summed E-state index contributed by atoms with van der Waals surface area (Å²) in [6.45, 7) is 0.